The van der Waals surface area contributed by atoms with Gasteiger partial charge in [0.05, 0.1) is 18.2 Å². The highest BCUT2D eigenvalue weighted by Crippen LogP contribution is 2.28. The molecule has 0 aliphatic carbocycles. The SMILES string of the molecule is COc1ccc(Cl)cc1-n1cnc2sc(C)c(C)c2c1=O. The Kier molecular flexibility index (Phi) is 3.47. The van der Waals surface area contributed by atoms with Gasteiger partial charge in [-0.2, -0.15) is 0 Å². The van der Waals surface area contributed by atoms with Gasteiger partial charge >= 0.3 is 0 Å². The van der Waals surface area contributed by atoms with Crippen molar-refractivity contribution < 1.29 is 4.74 Å². The largest absolute Gasteiger partial charge is 0.495 e. The van der Waals surface area contributed by atoms with Crippen molar-refractivity contribution in [3.8, 4) is 11.4 Å². The van der Waals surface area contributed by atoms with Crippen LogP contribution < -0.4 is 10.3 Å². The van der Waals surface area contributed by atoms with E-state index < -0.39 is 0 Å². The third-order valence-corrected chi connectivity index (χ3v) is 4.84. The molecule has 2 aromatic heterocycles. The Morgan fingerprint density at radius 1 is 1.33 bits per heavy atom. The summed E-state index contributed by atoms with van der Waals surface area (Å²) in [6.45, 7) is 3.93. The maximum absolute atomic E-state index is 12.8. The maximum atomic E-state index is 12.8. The zero-order valence-corrected chi connectivity index (χ0v) is 13.4. The van der Waals surface area contributed by atoms with Crippen molar-refractivity contribution >= 4 is 33.2 Å². The molecule has 108 valence electrons. The van der Waals surface area contributed by atoms with E-state index >= 15 is 0 Å². The number of fused-ring (bicyclic) bond motifs is 1. The van der Waals surface area contributed by atoms with Crippen molar-refractivity contribution in [2.45, 2.75) is 13.8 Å². The van der Waals surface area contributed by atoms with Crippen LogP contribution in [0.5, 0.6) is 5.75 Å². The molecule has 0 aliphatic heterocycles. The Bertz CT molecular complexity index is 899. The monoisotopic (exact) mass is 320 g/mol. The Labute approximate surface area is 130 Å². The molecule has 0 saturated heterocycles. The van der Waals surface area contributed by atoms with E-state index in [4.69, 9.17) is 16.3 Å². The van der Waals surface area contributed by atoms with Gasteiger partial charge in [0.25, 0.3) is 5.56 Å². The van der Waals surface area contributed by atoms with E-state index in [0.717, 1.165) is 15.3 Å². The van der Waals surface area contributed by atoms with Gasteiger partial charge in [0.2, 0.25) is 0 Å². The zero-order chi connectivity index (χ0) is 15.1. The fourth-order valence-electron chi connectivity index (χ4n) is 2.26. The highest BCUT2D eigenvalue weighted by Gasteiger charge is 2.15. The number of aryl methyl sites for hydroxylation is 2. The molecule has 21 heavy (non-hydrogen) atoms. The number of hydrogen-bond donors (Lipinski definition) is 0. The van der Waals surface area contributed by atoms with Crippen molar-refractivity contribution in [3.63, 3.8) is 0 Å². The Balaban J connectivity index is 2.36. The van der Waals surface area contributed by atoms with Crippen LogP contribution in [0.4, 0.5) is 0 Å². The minimum Gasteiger partial charge on any atom is -0.495 e. The van der Waals surface area contributed by atoms with Gasteiger partial charge in [-0.1, -0.05) is 11.6 Å². The number of thiophene rings is 1. The van der Waals surface area contributed by atoms with Crippen LogP contribution >= 0.6 is 22.9 Å². The summed E-state index contributed by atoms with van der Waals surface area (Å²) in [7, 11) is 1.56. The van der Waals surface area contributed by atoms with Crippen LogP contribution in [-0.2, 0) is 0 Å². The van der Waals surface area contributed by atoms with E-state index in [9.17, 15) is 4.79 Å². The second kappa shape index (κ2) is 5.16. The van der Waals surface area contributed by atoms with Crippen molar-refractivity contribution in [2.75, 3.05) is 7.11 Å². The topological polar surface area (TPSA) is 44.1 Å². The van der Waals surface area contributed by atoms with Gasteiger partial charge < -0.3 is 4.74 Å². The van der Waals surface area contributed by atoms with E-state index in [1.54, 1.807) is 25.3 Å². The second-order valence-corrected chi connectivity index (χ2v) is 6.34. The summed E-state index contributed by atoms with van der Waals surface area (Å²) in [4.78, 5) is 19.0. The molecule has 3 aromatic rings. The molecule has 0 fully saturated rings. The molecule has 0 aliphatic rings. The number of hydrogen-bond acceptors (Lipinski definition) is 4. The Morgan fingerprint density at radius 3 is 2.81 bits per heavy atom. The van der Waals surface area contributed by atoms with E-state index in [-0.39, 0.29) is 5.56 Å². The fraction of sp³-hybridized carbons (Fsp3) is 0.200. The van der Waals surface area contributed by atoms with Crippen LogP contribution in [0.3, 0.4) is 0 Å². The molecule has 0 spiro atoms. The number of halogens is 1. The van der Waals surface area contributed by atoms with Crippen LogP contribution in [-0.4, -0.2) is 16.7 Å². The first-order chi connectivity index (χ1) is 10.0. The van der Waals surface area contributed by atoms with E-state index in [0.29, 0.717) is 21.8 Å². The minimum absolute atomic E-state index is 0.109. The molecule has 1 aromatic carbocycles. The molecule has 0 radical (unpaired) electrons. The fourth-order valence-corrected chi connectivity index (χ4v) is 3.41. The van der Waals surface area contributed by atoms with Crippen LogP contribution in [0.25, 0.3) is 15.9 Å². The first kappa shape index (κ1) is 14.1. The Morgan fingerprint density at radius 2 is 2.10 bits per heavy atom. The summed E-state index contributed by atoms with van der Waals surface area (Å²) in [6, 6.07) is 5.16. The molecule has 2 heterocycles. The van der Waals surface area contributed by atoms with Crippen LogP contribution in [0.15, 0.2) is 29.3 Å². The summed E-state index contributed by atoms with van der Waals surface area (Å²) in [6.07, 6.45) is 1.52. The summed E-state index contributed by atoms with van der Waals surface area (Å²) < 4.78 is 6.79. The summed E-state index contributed by atoms with van der Waals surface area (Å²) in [5.74, 6) is 0.576. The molecule has 3 rings (SSSR count). The summed E-state index contributed by atoms with van der Waals surface area (Å²) in [5, 5.41) is 1.19. The smallest absolute Gasteiger partial charge is 0.267 e. The number of methoxy groups -OCH3 is 1. The molecule has 6 heteroatoms. The van der Waals surface area contributed by atoms with E-state index in [1.807, 2.05) is 13.8 Å². The van der Waals surface area contributed by atoms with Gasteiger partial charge in [-0.25, -0.2) is 4.98 Å². The maximum Gasteiger partial charge on any atom is 0.267 e. The zero-order valence-electron chi connectivity index (χ0n) is 11.8. The highest BCUT2D eigenvalue weighted by atomic mass is 35.5. The van der Waals surface area contributed by atoms with Crippen molar-refractivity contribution in [3.05, 3.63) is 50.3 Å². The highest BCUT2D eigenvalue weighted by molar-refractivity contribution is 7.18. The summed E-state index contributed by atoms with van der Waals surface area (Å²) >= 11 is 7.57. The lowest BCUT2D eigenvalue weighted by Gasteiger charge is -2.11. The van der Waals surface area contributed by atoms with Gasteiger partial charge in [0.1, 0.15) is 16.9 Å². The van der Waals surface area contributed by atoms with Crippen molar-refractivity contribution in [1.29, 1.82) is 0 Å². The second-order valence-electron chi connectivity index (χ2n) is 4.70. The summed E-state index contributed by atoms with van der Waals surface area (Å²) in [5.41, 5.74) is 1.46. The van der Waals surface area contributed by atoms with Crippen molar-refractivity contribution in [1.82, 2.24) is 9.55 Å². The molecule has 0 bridgehead atoms. The molecular formula is C15H13ClN2O2S. The molecular weight excluding hydrogens is 308 g/mol. The van der Waals surface area contributed by atoms with E-state index in [1.165, 1.54) is 22.2 Å². The van der Waals surface area contributed by atoms with E-state index in [2.05, 4.69) is 4.98 Å². The quantitative estimate of drug-likeness (QED) is 0.722. The van der Waals surface area contributed by atoms with Crippen LogP contribution in [0, 0.1) is 13.8 Å². The number of ether oxygens (including phenoxy) is 1. The van der Waals surface area contributed by atoms with Crippen LogP contribution in [0.1, 0.15) is 10.4 Å². The average Bonchev–Trinajstić information content (AvgIpc) is 2.75. The molecule has 0 atom stereocenters. The Hall–Kier alpha value is -1.85. The first-order valence-corrected chi connectivity index (χ1v) is 7.53. The normalized spacial score (nSPS) is 11.0. The molecule has 0 unspecified atom stereocenters. The van der Waals surface area contributed by atoms with Gasteiger partial charge in [-0.3, -0.25) is 9.36 Å². The van der Waals surface area contributed by atoms with Gasteiger partial charge in [-0.05, 0) is 37.6 Å². The predicted molar refractivity (Wildman–Crippen MR) is 86.3 cm³/mol. The molecule has 0 amide bonds. The number of nitrogens with zero attached hydrogens (tertiary/aromatic N) is 2. The third-order valence-electron chi connectivity index (χ3n) is 3.49. The third kappa shape index (κ3) is 2.22. The number of benzene rings is 1. The van der Waals surface area contributed by atoms with Gasteiger partial charge in [-0.15, -0.1) is 11.3 Å². The van der Waals surface area contributed by atoms with Crippen molar-refractivity contribution in [2.24, 2.45) is 0 Å². The van der Waals surface area contributed by atoms with Crippen LogP contribution in [0.2, 0.25) is 5.02 Å². The number of aromatic nitrogens is 2. The lowest BCUT2D eigenvalue weighted by atomic mass is 10.2. The standard InChI is InChI=1S/C15H13ClN2O2S/c1-8-9(2)21-14-13(8)15(19)18(7-17-14)11-6-10(16)4-5-12(11)20-3/h4-7H,1-3H3. The first-order valence-electron chi connectivity index (χ1n) is 6.34. The van der Waals surface area contributed by atoms with Gasteiger partial charge in [0.15, 0.2) is 0 Å². The lowest BCUT2D eigenvalue weighted by Crippen LogP contribution is -2.19. The minimum atomic E-state index is -0.109. The molecule has 0 N–H and O–H groups in total. The average molecular weight is 321 g/mol. The van der Waals surface area contributed by atoms with Gasteiger partial charge in [0, 0.05) is 9.90 Å². The number of rotatable bonds is 2. The predicted octanol–water partition coefficient (Wildman–Crippen LogP) is 3.73. The molecule has 4 nitrogen and oxygen atoms in total. The lowest BCUT2D eigenvalue weighted by molar-refractivity contribution is 0.412. The molecule has 0 saturated carbocycles.